The molecule has 0 spiro atoms. The van der Waals surface area contributed by atoms with Gasteiger partial charge in [0.25, 0.3) is 5.91 Å². The molecular weight excluding hydrogens is 312 g/mol. The molecule has 0 fully saturated rings. The lowest BCUT2D eigenvalue weighted by Crippen LogP contribution is -2.19. The smallest absolute Gasteiger partial charge is 0.264 e. The molecule has 0 aliphatic heterocycles. The summed E-state index contributed by atoms with van der Waals surface area (Å²) in [5, 5.41) is 3.31. The number of ether oxygens (including phenoxy) is 2. The van der Waals surface area contributed by atoms with Crippen molar-refractivity contribution in [3.05, 3.63) is 48.5 Å². The standard InChI is InChI=1S/C17H16N2O3S/c1-2-21-13-8-9-14-15(10-13)23-17(18-14)19-16(20)11-22-12-6-4-3-5-7-12/h3-10H,2,11H2,1H3,(H,18,19,20). The van der Waals surface area contributed by atoms with Crippen LogP contribution in [0.15, 0.2) is 48.5 Å². The minimum Gasteiger partial charge on any atom is -0.494 e. The molecule has 1 amide bonds. The van der Waals surface area contributed by atoms with Crippen LogP contribution in [0.5, 0.6) is 11.5 Å². The number of anilines is 1. The molecule has 0 bridgehead atoms. The molecule has 5 nitrogen and oxygen atoms in total. The predicted octanol–water partition coefficient (Wildman–Crippen LogP) is 3.71. The number of carbonyl (C=O) groups excluding carboxylic acids is 1. The molecule has 3 rings (SSSR count). The van der Waals surface area contributed by atoms with E-state index >= 15 is 0 Å². The van der Waals surface area contributed by atoms with Crippen molar-refractivity contribution in [2.24, 2.45) is 0 Å². The zero-order chi connectivity index (χ0) is 16.1. The van der Waals surface area contributed by atoms with Gasteiger partial charge in [-0.1, -0.05) is 29.5 Å². The van der Waals surface area contributed by atoms with Crippen molar-refractivity contribution >= 4 is 32.6 Å². The summed E-state index contributed by atoms with van der Waals surface area (Å²) in [6, 6.07) is 14.9. The highest BCUT2D eigenvalue weighted by Gasteiger charge is 2.09. The van der Waals surface area contributed by atoms with E-state index in [0.29, 0.717) is 17.5 Å². The average molecular weight is 328 g/mol. The molecule has 1 heterocycles. The van der Waals surface area contributed by atoms with E-state index in [9.17, 15) is 4.79 Å². The van der Waals surface area contributed by atoms with E-state index in [4.69, 9.17) is 9.47 Å². The third kappa shape index (κ3) is 3.98. The van der Waals surface area contributed by atoms with Crippen LogP contribution in [0.25, 0.3) is 10.2 Å². The van der Waals surface area contributed by atoms with Crippen LogP contribution in [0, 0.1) is 0 Å². The van der Waals surface area contributed by atoms with Crippen LogP contribution in [0.3, 0.4) is 0 Å². The number of rotatable bonds is 6. The molecule has 23 heavy (non-hydrogen) atoms. The summed E-state index contributed by atoms with van der Waals surface area (Å²) >= 11 is 1.41. The van der Waals surface area contributed by atoms with Gasteiger partial charge in [0.1, 0.15) is 11.5 Å². The average Bonchev–Trinajstić information content (AvgIpc) is 2.95. The Morgan fingerprint density at radius 3 is 2.74 bits per heavy atom. The fraction of sp³-hybridized carbons (Fsp3) is 0.176. The molecule has 0 aliphatic carbocycles. The molecule has 0 atom stereocenters. The lowest BCUT2D eigenvalue weighted by atomic mass is 10.3. The third-order valence-electron chi connectivity index (χ3n) is 3.03. The summed E-state index contributed by atoms with van der Waals surface area (Å²) in [5.41, 5.74) is 0.831. The maximum Gasteiger partial charge on any atom is 0.264 e. The molecule has 118 valence electrons. The first-order valence-corrected chi connectivity index (χ1v) is 8.07. The number of nitrogens with zero attached hydrogens (tertiary/aromatic N) is 1. The highest BCUT2D eigenvalue weighted by Crippen LogP contribution is 2.29. The van der Waals surface area contributed by atoms with E-state index in [1.54, 1.807) is 12.1 Å². The molecular formula is C17H16N2O3S. The Balaban J connectivity index is 1.63. The number of thiazole rings is 1. The number of para-hydroxylation sites is 1. The van der Waals surface area contributed by atoms with Crippen LogP contribution < -0.4 is 14.8 Å². The van der Waals surface area contributed by atoms with Crippen LogP contribution in [0.4, 0.5) is 5.13 Å². The van der Waals surface area contributed by atoms with Gasteiger partial charge in [-0.3, -0.25) is 10.1 Å². The van der Waals surface area contributed by atoms with Crippen molar-refractivity contribution in [2.45, 2.75) is 6.92 Å². The number of fused-ring (bicyclic) bond motifs is 1. The van der Waals surface area contributed by atoms with E-state index in [0.717, 1.165) is 16.0 Å². The van der Waals surface area contributed by atoms with Crippen molar-refractivity contribution in [3.8, 4) is 11.5 Å². The maximum atomic E-state index is 11.9. The van der Waals surface area contributed by atoms with Gasteiger partial charge in [-0.15, -0.1) is 0 Å². The largest absolute Gasteiger partial charge is 0.494 e. The van der Waals surface area contributed by atoms with Crippen molar-refractivity contribution in [2.75, 3.05) is 18.5 Å². The van der Waals surface area contributed by atoms with Gasteiger partial charge in [-0.2, -0.15) is 0 Å². The lowest BCUT2D eigenvalue weighted by molar-refractivity contribution is -0.118. The van der Waals surface area contributed by atoms with Gasteiger partial charge in [-0.05, 0) is 37.3 Å². The number of hydrogen-bond donors (Lipinski definition) is 1. The zero-order valence-electron chi connectivity index (χ0n) is 12.6. The molecule has 0 unspecified atom stereocenters. The van der Waals surface area contributed by atoms with Crippen LogP contribution in [-0.4, -0.2) is 24.1 Å². The molecule has 2 aromatic carbocycles. The van der Waals surface area contributed by atoms with Gasteiger partial charge in [0.2, 0.25) is 0 Å². The van der Waals surface area contributed by atoms with Crippen molar-refractivity contribution in [1.29, 1.82) is 0 Å². The van der Waals surface area contributed by atoms with Crippen LogP contribution in [0.1, 0.15) is 6.92 Å². The highest BCUT2D eigenvalue weighted by atomic mass is 32.1. The fourth-order valence-electron chi connectivity index (χ4n) is 2.04. The summed E-state index contributed by atoms with van der Waals surface area (Å²) < 4.78 is 11.8. The minimum absolute atomic E-state index is 0.0515. The Labute approximate surface area is 137 Å². The van der Waals surface area contributed by atoms with E-state index in [2.05, 4.69) is 10.3 Å². The zero-order valence-corrected chi connectivity index (χ0v) is 13.4. The Kier molecular flexibility index (Phi) is 4.73. The van der Waals surface area contributed by atoms with E-state index < -0.39 is 0 Å². The second-order valence-electron chi connectivity index (χ2n) is 4.73. The minimum atomic E-state index is -0.238. The van der Waals surface area contributed by atoms with Crippen LogP contribution >= 0.6 is 11.3 Å². The van der Waals surface area contributed by atoms with Gasteiger partial charge in [0, 0.05) is 0 Å². The Hall–Kier alpha value is -2.60. The van der Waals surface area contributed by atoms with Gasteiger partial charge in [0.15, 0.2) is 11.7 Å². The van der Waals surface area contributed by atoms with Crippen molar-refractivity contribution in [1.82, 2.24) is 4.98 Å². The Morgan fingerprint density at radius 1 is 1.13 bits per heavy atom. The molecule has 0 saturated heterocycles. The van der Waals surface area contributed by atoms with E-state index in [1.165, 1.54) is 11.3 Å². The number of benzene rings is 2. The predicted molar refractivity (Wildman–Crippen MR) is 91.4 cm³/mol. The van der Waals surface area contributed by atoms with Gasteiger partial charge in [0.05, 0.1) is 16.8 Å². The van der Waals surface area contributed by atoms with Crippen LogP contribution in [-0.2, 0) is 4.79 Å². The Bertz CT molecular complexity index is 802. The Morgan fingerprint density at radius 2 is 1.96 bits per heavy atom. The van der Waals surface area contributed by atoms with Crippen molar-refractivity contribution < 1.29 is 14.3 Å². The molecule has 0 aliphatic rings. The summed E-state index contributed by atoms with van der Waals surface area (Å²) in [7, 11) is 0. The lowest BCUT2D eigenvalue weighted by Gasteiger charge is -2.04. The highest BCUT2D eigenvalue weighted by molar-refractivity contribution is 7.22. The first-order chi connectivity index (χ1) is 11.2. The summed E-state index contributed by atoms with van der Waals surface area (Å²) in [4.78, 5) is 16.3. The summed E-state index contributed by atoms with van der Waals surface area (Å²) in [6.07, 6.45) is 0. The second-order valence-corrected chi connectivity index (χ2v) is 5.76. The number of aromatic nitrogens is 1. The number of amides is 1. The van der Waals surface area contributed by atoms with Gasteiger partial charge in [-0.25, -0.2) is 4.98 Å². The van der Waals surface area contributed by atoms with Gasteiger partial charge >= 0.3 is 0 Å². The maximum absolute atomic E-state index is 11.9. The second kappa shape index (κ2) is 7.11. The van der Waals surface area contributed by atoms with Crippen molar-refractivity contribution in [3.63, 3.8) is 0 Å². The SMILES string of the molecule is CCOc1ccc2nc(NC(=O)COc3ccccc3)sc2c1. The quantitative estimate of drug-likeness (QED) is 0.749. The molecule has 0 saturated carbocycles. The van der Waals surface area contributed by atoms with Crippen LogP contribution in [0.2, 0.25) is 0 Å². The van der Waals surface area contributed by atoms with E-state index in [-0.39, 0.29) is 12.5 Å². The van der Waals surface area contributed by atoms with E-state index in [1.807, 2.05) is 43.3 Å². The fourth-order valence-corrected chi connectivity index (χ4v) is 2.95. The number of hydrogen-bond acceptors (Lipinski definition) is 5. The molecule has 1 aromatic heterocycles. The number of carbonyl (C=O) groups is 1. The third-order valence-corrected chi connectivity index (χ3v) is 3.96. The first-order valence-electron chi connectivity index (χ1n) is 7.25. The molecule has 0 radical (unpaired) electrons. The first kappa shape index (κ1) is 15.3. The monoisotopic (exact) mass is 328 g/mol. The molecule has 3 aromatic rings. The van der Waals surface area contributed by atoms with Gasteiger partial charge < -0.3 is 9.47 Å². The molecule has 6 heteroatoms. The summed E-state index contributed by atoms with van der Waals surface area (Å²) in [6.45, 7) is 2.50. The normalized spacial score (nSPS) is 10.5. The molecule has 1 N–H and O–H groups in total. The summed E-state index contributed by atoms with van der Waals surface area (Å²) in [5.74, 6) is 1.22. The topological polar surface area (TPSA) is 60.5 Å². The number of nitrogens with one attached hydrogen (secondary N) is 1.